The lowest BCUT2D eigenvalue weighted by atomic mass is 10.2. The summed E-state index contributed by atoms with van der Waals surface area (Å²) in [5.41, 5.74) is 2.27. The zero-order chi connectivity index (χ0) is 23.5. The molecule has 0 aliphatic heterocycles. The number of methoxy groups -OCH3 is 3. The molecule has 172 valence electrons. The van der Waals surface area contributed by atoms with Gasteiger partial charge in [0.1, 0.15) is 18.1 Å². The van der Waals surface area contributed by atoms with Crippen LogP contribution in [0.4, 0.5) is 5.69 Å². The molecule has 0 unspecified atom stereocenters. The summed E-state index contributed by atoms with van der Waals surface area (Å²) in [6.07, 6.45) is 1.49. The summed E-state index contributed by atoms with van der Waals surface area (Å²) >= 11 is 0. The molecule has 1 amide bonds. The number of hydrogen-bond acceptors (Lipinski definition) is 7. The average Bonchev–Trinajstić information content (AvgIpc) is 2.86. The second-order valence-corrected chi connectivity index (χ2v) is 6.81. The summed E-state index contributed by atoms with van der Waals surface area (Å²) in [4.78, 5) is 17.3. The summed E-state index contributed by atoms with van der Waals surface area (Å²) in [6, 6.07) is 20.3. The molecule has 0 aliphatic carbocycles. The van der Waals surface area contributed by atoms with Gasteiger partial charge in [0, 0.05) is 11.6 Å². The van der Waals surface area contributed by atoms with Gasteiger partial charge >= 0.3 is 0 Å². The van der Waals surface area contributed by atoms with Gasteiger partial charge in [-0.25, -0.2) is 0 Å². The third kappa shape index (κ3) is 6.90. The first-order valence-corrected chi connectivity index (χ1v) is 10.1. The zero-order valence-corrected chi connectivity index (χ0v) is 18.7. The first kappa shape index (κ1) is 23.5. The van der Waals surface area contributed by atoms with Crippen LogP contribution in [0.1, 0.15) is 11.1 Å². The number of nitrogens with one attached hydrogen (secondary N) is 1. The Bertz CT molecular complexity index is 1090. The van der Waals surface area contributed by atoms with Crippen LogP contribution < -0.4 is 24.3 Å². The van der Waals surface area contributed by atoms with Crippen molar-refractivity contribution in [3.05, 3.63) is 77.9 Å². The maximum absolute atomic E-state index is 12.2. The van der Waals surface area contributed by atoms with Gasteiger partial charge < -0.3 is 29.1 Å². The number of hydrogen-bond donors (Lipinski definition) is 1. The van der Waals surface area contributed by atoms with Crippen molar-refractivity contribution in [3.8, 4) is 23.0 Å². The second-order valence-electron chi connectivity index (χ2n) is 6.81. The average molecular weight is 450 g/mol. The third-order valence-electron chi connectivity index (χ3n) is 4.58. The first-order valence-electron chi connectivity index (χ1n) is 10.1. The van der Waals surface area contributed by atoms with Crippen molar-refractivity contribution in [2.24, 2.45) is 5.16 Å². The van der Waals surface area contributed by atoms with Crippen molar-refractivity contribution in [2.75, 3.05) is 33.3 Å². The lowest BCUT2D eigenvalue weighted by Gasteiger charge is -2.11. The predicted molar refractivity (Wildman–Crippen MR) is 125 cm³/mol. The normalized spacial score (nSPS) is 10.5. The molecular formula is C25H26N2O6. The van der Waals surface area contributed by atoms with Crippen LogP contribution in [0.25, 0.3) is 0 Å². The second kappa shape index (κ2) is 12.0. The molecule has 0 aliphatic rings. The number of nitrogens with zero attached hydrogens (tertiary/aromatic N) is 1. The first-order chi connectivity index (χ1) is 16.1. The Labute approximate surface area is 192 Å². The van der Waals surface area contributed by atoms with Crippen LogP contribution in [0.5, 0.6) is 23.0 Å². The molecule has 8 heteroatoms. The van der Waals surface area contributed by atoms with E-state index in [4.69, 9.17) is 23.8 Å². The van der Waals surface area contributed by atoms with Gasteiger partial charge in [0.25, 0.3) is 5.91 Å². The van der Waals surface area contributed by atoms with Crippen molar-refractivity contribution < 1.29 is 28.6 Å². The van der Waals surface area contributed by atoms with E-state index in [0.717, 1.165) is 11.1 Å². The Hall–Kier alpha value is -4.20. The van der Waals surface area contributed by atoms with E-state index in [0.29, 0.717) is 35.3 Å². The van der Waals surface area contributed by atoms with E-state index in [2.05, 4.69) is 10.5 Å². The summed E-state index contributed by atoms with van der Waals surface area (Å²) in [7, 11) is 4.63. The highest BCUT2D eigenvalue weighted by Crippen LogP contribution is 2.29. The van der Waals surface area contributed by atoms with E-state index in [1.54, 1.807) is 44.6 Å². The van der Waals surface area contributed by atoms with Gasteiger partial charge in [0.15, 0.2) is 18.1 Å². The molecule has 0 radical (unpaired) electrons. The van der Waals surface area contributed by atoms with E-state index in [-0.39, 0.29) is 12.5 Å². The lowest BCUT2D eigenvalue weighted by Crippen LogP contribution is -2.17. The Morgan fingerprint density at radius 2 is 1.64 bits per heavy atom. The van der Waals surface area contributed by atoms with Crippen LogP contribution in [0.2, 0.25) is 0 Å². The van der Waals surface area contributed by atoms with Gasteiger partial charge in [0.2, 0.25) is 0 Å². The van der Waals surface area contributed by atoms with E-state index in [1.165, 1.54) is 13.3 Å². The van der Waals surface area contributed by atoms with Crippen molar-refractivity contribution in [3.63, 3.8) is 0 Å². The molecule has 0 saturated heterocycles. The minimum atomic E-state index is -0.388. The fourth-order valence-electron chi connectivity index (χ4n) is 2.91. The number of carbonyl (C=O) groups excluding carboxylic acids is 1. The molecule has 0 saturated carbocycles. The van der Waals surface area contributed by atoms with E-state index >= 15 is 0 Å². The molecule has 8 nitrogen and oxygen atoms in total. The molecule has 3 rings (SSSR count). The van der Waals surface area contributed by atoms with Crippen molar-refractivity contribution >= 4 is 17.8 Å². The van der Waals surface area contributed by atoms with Crippen molar-refractivity contribution in [1.82, 2.24) is 0 Å². The van der Waals surface area contributed by atoms with Gasteiger partial charge in [-0.3, -0.25) is 4.79 Å². The topological polar surface area (TPSA) is 87.6 Å². The number of rotatable bonds is 11. The van der Waals surface area contributed by atoms with Gasteiger partial charge in [-0.1, -0.05) is 35.5 Å². The molecule has 0 fully saturated rings. The summed E-state index contributed by atoms with van der Waals surface area (Å²) in [6.45, 7) is 0.160. The molecule has 0 spiro atoms. The molecule has 0 bridgehead atoms. The minimum Gasteiger partial charge on any atom is -0.497 e. The van der Waals surface area contributed by atoms with Gasteiger partial charge in [-0.15, -0.1) is 0 Å². The predicted octanol–water partition coefficient (Wildman–Crippen LogP) is 4.28. The van der Waals surface area contributed by atoms with E-state index < -0.39 is 0 Å². The van der Waals surface area contributed by atoms with Gasteiger partial charge in [0.05, 0.1) is 33.2 Å². The van der Waals surface area contributed by atoms with Crippen LogP contribution in [-0.2, 0) is 16.2 Å². The smallest absolute Gasteiger partial charge is 0.265 e. The number of anilines is 1. The minimum absolute atomic E-state index is 0.272. The monoisotopic (exact) mass is 450 g/mol. The maximum Gasteiger partial charge on any atom is 0.265 e. The molecule has 3 aromatic rings. The number of benzene rings is 3. The molecule has 33 heavy (non-hydrogen) atoms. The summed E-state index contributed by atoms with van der Waals surface area (Å²) in [5, 5.41) is 6.57. The Morgan fingerprint density at radius 3 is 2.36 bits per heavy atom. The molecular weight excluding hydrogens is 424 g/mol. The third-order valence-corrected chi connectivity index (χ3v) is 4.58. The van der Waals surface area contributed by atoms with Crippen LogP contribution in [0.3, 0.4) is 0 Å². The quantitative estimate of drug-likeness (QED) is 0.347. The van der Waals surface area contributed by atoms with Crippen LogP contribution >= 0.6 is 0 Å². The highest BCUT2D eigenvalue weighted by Gasteiger charge is 2.10. The summed E-state index contributed by atoms with van der Waals surface area (Å²) < 4.78 is 21.7. The number of ether oxygens (including phenoxy) is 4. The van der Waals surface area contributed by atoms with Crippen molar-refractivity contribution in [1.29, 1.82) is 0 Å². The van der Waals surface area contributed by atoms with Gasteiger partial charge in [-0.2, -0.15) is 0 Å². The van der Waals surface area contributed by atoms with E-state index in [1.807, 2.05) is 36.4 Å². The molecule has 0 aromatic heterocycles. The van der Waals surface area contributed by atoms with Crippen molar-refractivity contribution in [2.45, 2.75) is 6.61 Å². The molecule has 1 N–H and O–H groups in total. The van der Waals surface area contributed by atoms with Crippen LogP contribution in [-0.4, -0.2) is 40.1 Å². The van der Waals surface area contributed by atoms with E-state index in [9.17, 15) is 4.79 Å². The Morgan fingerprint density at radius 1 is 0.879 bits per heavy atom. The van der Waals surface area contributed by atoms with Gasteiger partial charge in [-0.05, 0) is 35.9 Å². The Kier molecular flexibility index (Phi) is 8.53. The fraction of sp³-hybridized carbons (Fsp3) is 0.200. The SMILES string of the molecule is COc1ccc(OC)c(NC(=O)CO/N=C/c2ccc(OCc3ccccc3)c(OC)c2)c1. The zero-order valence-electron chi connectivity index (χ0n) is 18.7. The highest BCUT2D eigenvalue weighted by molar-refractivity contribution is 5.93. The summed E-state index contributed by atoms with van der Waals surface area (Å²) in [5.74, 6) is 1.90. The Balaban J connectivity index is 1.53. The standard InChI is InChI=1S/C25H26N2O6/c1-29-20-10-12-22(30-2)21(14-20)27-25(28)17-33-26-15-19-9-11-23(24(13-19)31-3)32-16-18-7-5-4-6-8-18/h4-15H,16-17H2,1-3H3,(H,27,28)/b26-15+. The van der Waals surface area contributed by atoms with Crippen LogP contribution in [0.15, 0.2) is 71.9 Å². The highest BCUT2D eigenvalue weighted by atomic mass is 16.6. The number of amides is 1. The number of carbonyl (C=O) groups is 1. The number of oxime groups is 1. The molecule has 0 atom stereocenters. The molecule has 0 heterocycles. The largest absolute Gasteiger partial charge is 0.497 e. The molecule has 3 aromatic carbocycles. The van der Waals surface area contributed by atoms with Crippen LogP contribution in [0, 0.1) is 0 Å². The lowest BCUT2D eigenvalue weighted by molar-refractivity contribution is -0.120. The maximum atomic E-state index is 12.2. The fourth-order valence-corrected chi connectivity index (χ4v) is 2.91.